The molecule has 2 unspecified atom stereocenters. The largest absolute Gasteiger partial charge is 0.298 e. The van der Waals surface area contributed by atoms with Crippen LogP contribution in [0, 0.1) is 16.7 Å². The molecule has 1 aliphatic rings. The van der Waals surface area contributed by atoms with Crippen LogP contribution in [0.4, 0.5) is 0 Å². The first-order valence-corrected chi connectivity index (χ1v) is 6.29. The summed E-state index contributed by atoms with van der Waals surface area (Å²) in [6.07, 6.45) is 0. The summed E-state index contributed by atoms with van der Waals surface area (Å²) in [5, 5.41) is 3.27. The van der Waals surface area contributed by atoms with Gasteiger partial charge in [0.05, 0.1) is 6.04 Å². The molecule has 3 nitrogen and oxygen atoms in total. The lowest BCUT2D eigenvalue weighted by molar-refractivity contribution is 0.113. The molecule has 1 fully saturated rings. The van der Waals surface area contributed by atoms with Crippen molar-refractivity contribution in [3.05, 3.63) is 40.8 Å². The van der Waals surface area contributed by atoms with E-state index in [9.17, 15) is 4.91 Å². The fourth-order valence-corrected chi connectivity index (χ4v) is 2.84. The van der Waals surface area contributed by atoms with Crippen LogP contribution in [0.5, 0.6) is 0 Å². The van der Waals surface area contributed by atoms with Crippen LogP contribution >= 0.6 is 0 Å². The van der Waals surface area contributed by atoms with E-state index in [1.54, 1.807) is 0 Å². The van der Waals surface area contributed by atoms with E-state index in [2.05, 4.69) is 48.2 Å². The molecule has 0 aromatic heterocycles. The van der Waals surface area contributed by atoms with Crippen LogP contribution in [-0.4, -0.2) is 24.0 Å². The Morgan fingerprint density at radius 2 is 1.76 bits per heavy atom. The zero-order valence-electron chi connectivity index (χ0n) is 10.5. The Morgan fingerprint density at radius 3 is 2.29 bits per heavy atom. The van der Waals surface area contributed by atoms with Crippen LogP contribution in [0.25, 0.3) is 0 Å². The van der Waals surface area contributed by atoms with E-state index in [-0.39, 0.29) is 6.04 Å². The Hall–Kier alpha value is -1.22. The van der Waals surface area contributed by atoms with Crippen molar-refractivity contribution in [3.8, 4) is 0 Å². The zero-order valence-corrected chi connectivity index (χ0v) is 10.5. The van der Waals surface area contributed by atoms with E-state index in [1.807, 2.05) is 6.07 Å². The summed E-state index contributed by atoms with van der Waals surface area (Å²) in [6.45, 7) is 7.16. The highest BCUT2D eigenvalue weighted by Crippen LogP contribution is 2.25. The SMILES string of the molecule is CC1CN(Cc2ccccc2)CC(C)C1N=O. The Kier molecular flexibility index (Phi) is 3.89. The monoisotopic (exact) mass is 232 g/mol. The molecule has 0 spiro atoms. The van der Waals surface area contributed by atoms with Gasteiger partial charge in [0.25, 0.3) is 0 Å². The molecule has 1 saturated heterocycles. The van der Waals surface area contributed by atoms with Gasteiger partial charge in [0.1, 0.15) is 0 Å². The molecule has 3 heteroatoms. The average Bonchev–Trinajstić information content (AvgIpc) is 2.30. The second-order valence-corrected chi connectivity index (χ2v) is 5.23. The Bertz CT molecular complexity index is 354. The van der Waals surface area contributed by atoms with Crippen LogP contribution in [0.3, 0.4) is 0 Å². The van der Waals surface area contributed by atoms with E-state index in [0.717, 1.165) is 19.6 Å². The lowest BCUT2D eigenvalue weighted by Crippen LogP contribution is -2.46. The van der Waals surface area contributed by atoms with Crippen molar-refractivity contribution in [2.45, 2.75) is 26.4 Å². The predicted molar refractivity (Wildman–Crippen MR) is 69.6 cm³/mol. The minimum absolute atomic E-state index is 0.0120. The zero-order chi connectivity index (χ0) is 12.3. The molecule has 17 heavy (non-hydrogen) atoms. The summed E-state index contributed by atoms with van der Waals surface area (Å²) in [5.74, 6) is 0.722. The maximum Gasteiger partial charge on any atom is 0.0994 e. The van der Waals surface area contributed by atoms with E-state index in [4.69, 9.17) is 0 Å². The third-order valence-corrected chi connectivity index (χ3v) is 3.63. The van der Waals surface area contributed by atoms with Crippen LogP contribution in [0.1, 0.15) is 19.4 Å². The van der Waals surface area contributed by atoms with Crippen LogP contribution < -0.4 is 0 Å². The average molecular weight is 232 g/mol. The number of rotatable bonds is 3. The number of likely N-dealkylation sites (tertiary alicyclic amines) is 1. The van der Waals surface area contributed by atoms with Crippen LogP contribution in [0.15, 0.2) is 35.5 Å². The van der Waals surface area contributed by atoms with Gasteiger partial charge in [-0.15, -0.1) is 0 Å². The van der Waals surface area contributed by atoms with Crippen LogP contribution in [-0.2, 0) is 6.54 Å². The van der Waals surface area contributed by atoms with Crippen molar-refractivity contribution in [2.24, 2.45) is 17.0 Å². The van der Waals surface area contributed by atoms with E-state index in [0.29, 0.717) is 11.8 Å². The highest BCUT2D eigenvalue weighted by molar-refractivity contribution is 5.14. The molecule has 2 rings (SSSR count). The molecule has 1 aromatic rings. The molecule has 1 aliphatic heterocycles. The quantitative estimate of drug-likeness (QED) is 0.751. The van der Waals surface area contributed by atoms with Crippen molar-refractivity contribution >= 4 is 0 Å². The van der Waals surface area contributed by atoms with Gasteiger partial charge in [0.2, 0.25) is 0 Å². The van der Waals surface area contributed by atoms with Gasteiger partial charge in [-0.25, -0.2) is 0 Å². The van der Waals surface area contributed by atoms with Crippen molar-refractivity contribution in [1.82, 2.24) is 4.90 Å². The van der Waals surface area contributed by atoms with Crippen molar-refractivity contribution < 1.29 is 0 Å². The summed E-state index contributed by atoms with van der Waals surface area (Å²) in [4.78, 5) is 13.2. The number of hydrogen-bond donors (Lipinski definition) is 0. The Labute approximate surface area is 103 Å². The molecule has 1 heterocycles. The van der Waals surface area contributed by atoms with Gasteiger partial charge in [-0.3, -0.25) is 4.90 Å². The summed E-state index contributed by atoms with van der Waals surface area (Å²) in [5.41, 5.74) is 1.34. The van der Waals surface area contributed by atoms with Gasteiger partial charge in [-0.1, -0.05) is 49.4 Å². The van der Waals surface area contributed by atoms with Crippen molar-refractivity contribution in [2.75, 3.05) is 13.1 Å². The fourth-order valence-electron chi connectivity index (χ4n) is 2.84. The summed E-state index contributed by atoms with van der Waals surface area (Å²) in [6, 6.07) is 10.5. The summed E-state index contributed by atoms with van der Waals surface area (Å²) in [7, 11) is 0. The predicted octanol–water partition coefficient (Wildman–Crippen LogP) is 2.91. The number of hydrogen-bond acceptors (Lipinski definition) is 3. The molecule has 0 radical (unpaired) electrons. The normalized spacial score (nSPS) is 30.1. The third kappa shape index (κ3) is 2.91. The second kappa shape index (κ2) is 5.41. The molecule has 0 aliphatic carbocycles. The number of piperidine rings is 1. The van der Waals surface area contributed by atoms with E-state index < -0.39 is 0 Å². The second-order valence-electron chi connectivity index (χ2n) is 5.23. The highest BCUT2D eigenvalue weighted by atomic mass is 16.3. The lowest BCUT2D eigenvalue weighted by atomic mass is 9.86. The maximum atomic E-state index is 10.8. The third-order valence-electron chi connectivity index (χ3n) is 3.63. The molecule has 0 N–H and O–H groups in total. The number of nitroso groups, excluding NO2 is 1. The molecule has 2 atom stereocenters. The standard InChI is InChI=1S/C14H20N2O/c1-11-8-16(9-12(2)14(11)15-17)10-13-6-4-3-5-7-13/h3-7,11-12,14H,8-10H2,1-2H3. The van der Waals surface area contributed by atoms with Gasteiger partial charge >= 0.3 is 0 Å². The highest BCUT2D eigenvalue weighted by Gasteiger charge is 2.32. The molecular weight excluding hydrogens is 212 g/mol. The smallest absolute Gasteiger partial charge is 0.0994 e. The van der Waals surface area contributed by atoms with Crippen LogP contribution in [0.2, 0.25) is 0 Å². The minimum atomic E-state index is -0.0120. The number of benzene rings is 1. The van der Waals surface area contributed by atoms with E-state index in [1.165, 1.54) is 5.56 Å². The molecule has 0 bridgehead atoms. The first kappa shape index (κ1) is 12.2. The molecule has 0 amide bonds. The molecular formula is C14H20N2O. The van der Waals surface area contributed by atoms with Gasteiger partial charge in [-0.2, -0.15) is 4.91 Å². The van der Waals surface area contributed by atoms with Crippen molar-refractivity contribution in [1.29, 1.82) is 0 Å². The Balaban J connectivity index is 1.98. The van der Waals surface area contributed by atoms with Gasteiger partial charge in [0.15, 0.2) is 0 Å². The van der Waals surface area contributed by atoms with Crippen molar-refractivity contribution in [3.63, 3.8) is 0 Å². The Morgan fingerprint density at radius 1 is 1.18 bits per heavy atom. The summed E-state index contributed by atoms with van der Waals surface area (Å²) >= 11 is 0. The fraction of sp³-hybridized carbons (Fsp3) is 0.571. The molecule has 1 aromatic carbocycles. The molecule has 92 valence electrons. The first-order chi connectivity index (χ1) is 8.20. The minimum Gasteiger partial charge on any atom is -0.298 e. The van der Waals surface area contributed by atoms with Gasteiger partial charge in [-0.05, 0) is 17.4 Å². The van der Waals surface area contributed by atoms with Gasteiger partial charge in [0, 0.05) is 19.6 Å². The lowest BCUT2D eigenvalue weighted by Gasteiger charge is -2.38. The van der Waals surface area contributed by atoms with E-state index >= 15 is 0 Å². The topological polar surface area (TPSA) is 32.7 Å². The summed E-state index contributed by atoms with van der Waals surface area (Å²) < 4.78 is 0. The van der Waals surface area contributed by atoms with Gasteiger partial charge < -0.3 is 0 Å². The first-order valence-electron chi connectivity index (χ1n) is 6.29. The molecule has 0 saturated carbocycles. The number of nitrogens with zero attached hydrogens (tertiary/aromatic N) is 2. The maximum absolute atomic E-state index is 10.8.